The van der Waals surface area contributed by atoms with Gasteiger partial charge in [-0.15, -0.1) is 0 Å². The van der Waals surface area contributed by atoms with Crippen LogP contribution in [0.5, 0.6) is 0 Å². The second-order valence-corrected chi connectivity index (χ2v) is 3.97. The average Bonchev–Trinajstić information content (AvgIpc) is 2.73. The van der Waals surface area contributed by atoms with E-state index >= 15 is 0 Å². The second kappa shape index (κ2) is 5.01. The molecule has 6 nitrogen and oxygen atoms in total. The molecule has 1 saturated heterocycles. The van der Waals surface area contributed by atoms with Gasteiger partial charge in [0, 0.05) is 6.54 Å². The van der Waals surface area contributed by atoms with Crippen LogP contribution in [-0.4, -0.2) is 30.9 Å². The molecule has 0 saturated carbocycles. The van der Waals surface area contributed by atoms with Crippen molar-refractivity contribution in [3.05, 3.63) is 23.7 Å². The highest BCUT2D eigenvalue weighted by molar-refractivity contribution is 5.86. The predicted molar refractivity (Wildman–Crippen MR) is 60.1 cm³/mol. The van der Waals surface area contributed by atoms with Crippen LogP contribution in [0, 0.1) is 6.92 Å². The lowest BCUT2D eigenvalue weighted by molar-refractivity contribution is -0.126. The zero-order chi connectivity index (χ0) is 12.3. The van der Waals surface area contributed by atoms with Gasteiger partial charge in [-0.25, -0.2) is 0 Å². The summed E-state index contributed by atoms with van der Waals surface area (Å²) in [5.74, 6) is 1.31. The molecule has 1 aliphatic rings. The fraction of sp³-hybridized carbons (Fsp3) is 0.455. The molecule has 17 heavy (non-hydrogen) atoms. The van der Waals surface area contributed by atoms with E-state index in [1.165, 1.54) is 0 Å². The van der Waals surface area contributed by atoms with Crippen molar-refractivity contribution >= 4 is 11.8 Å². The lowest BCUT2D eigenvalue weighted by Crippen LogP contribution is -2.57. The number of hydrogen-bond acceptors (Lipinski definition) is 4. The first-order chi connectivity index (χ1) is 8.15. The number of carbonyl (C=O) groups is 2. The van der Waals surface area contributed by atoms with Gasteiger partial charge in [-0.3, -0.25) is 14.9 Å². The molecule has 6 heteroatoms. The second-order valence-electron chi connectivity index (χ2n) is 3.97. The van der Waals surface area contributed by atoms with Gasteiger partial charge in [-0.2, -0.15) is 0 Å². The smallest absolute Gasteiger partial charge is 0.239 e. The molecule has 0 radical (unpaired) electrons. The van der Waals surface area contributed by atoms with Crippen LogP contribution < -0.4 is 16.0 Å². The van der Waals surface area contributed by atoms with E-state index in [9.17, 15) is 9.59 Å². The third-order valence-electron chi connectivity index (χ3n) is 2.56. The van der Waals surface area contributed by atoms with Crippen molar-refractivity contribution in [1.29, 1.82) is 0 Å². The zero-order valence-corrected chi connectivity index (χ0v) is 9.58. The Labute approximate surface area is 98.7 Å². The third kappa shape index (κ3) is 3.07. The van der Waals surface area contributed by atoms with Crippen LogP contribution in [0.2, 0.25) is 0 Å². The highest BCUT2D eigenvalue weighted by Gasteiger charge is 2.23. The number of piperazine rings is 1. The summed E-state index contributed by atoms with van der Waals surface area (Å²) in [4.78, 5) is 22.6. The molecule has 2 rings (SSSR count). The van der Waals surface area contributed by atoms with Gasteiger partial charge in [0.2, 0.25) is 11.8 Å². The van der Waals surface area contributed by atoms with Gasteiger partial charge in [0.1, 0.15) is 17.6 Å². The summed E-state index contributed by atoms with van der Waals surface area (Å²) in [6.45, 7) is 2.71. The normalized spacial score (nSPS) is 19.8. The Morgan fingerprint density at radius 2 is 2.41 bits per heavy atom. The molecule has 1 atom stereocenters. The Balaban J connectivity index is 1.79. The van der Waals surface area contributed by atoms with Crippen molar-refractivity contribution in [2.75, 3.05) is 13.1 Å². The molecule has 0 aromatic carbocycles. The number of rotatable bonds is 3. The predicted octanol–water partition coefficient (Wildman–Crippen LogP) is -0.708. The van der Waals surface area contributed by atoms with E-state index in [1.54, 1.807) is 0 Å². The van der Waals surface area contributed by atoms with Crippen molar-refractivity contribution in [1.82, 2.24) is 16.0 Å². The summed E-state index contributed by atoms with van der Waals surface area (Å²) >= 11 is 0. The quantitative estimate of drug-likeness (QED) is 0.648. The van der Waals surface area contributed by atoms with E-state index in [0.717, 1.165) is 11.5 Å². The maximum atomic E-state index is 11.7. The minimum atomic E-state index is -0.372. The Morgan fingerprint density at radius 3 is 3.00 bits per heavy atom. The van der Waals surface area contributed by atoms with Crippen LogP contribution in [0.25, 0.3) is 0 Å². The lowest BCUT2D eigenvalue weighted by Gasteiger charge is -2.22. The van der Waals surface area contributed by atoms with Crippen molar-refractivity contribution in [2.45, 2.75) is 19.5 Å². The molecule has 2 amide bonds. The first-order valence-corrected chi connectivity index (χ1v) is 5.48. The molecular weight excluding hydrogens is 222 g/mol. The standard InChI is InChI=1S/C11H15N3O3/c1-7-2-3-8(17-7)4-14-11(16)9-5-13-10(15)6-12-9/h2-3,9,12H,4-6H2,1H3,(H,13,15)(H,14,16). The third-order valence-corrected chi connectivity index (χ3v) is 2.56. The van der Waals surface area contributed by atoms with Crippen LogP contribution in [0.3, 0.4) is 0 Å². The highest BCUT2D eigenvalue weighted by atomic mass is 16.3. The summed E-state index contributed by atoms with van der Waals surface area (Å²) < 4.78 is 5.33. The van der Waals surface area contributed by atoms with Gasteiger partial charge in [0.15, 0.2) is 0 Å². The number of nitrogens with one attached hydrogen (secondary N) is 3. The summed E-state index contributed by atoms with van der Waals surface area (Å²) in [5, 5.41) is 8.24. The van der Waals surface area contributed by atoms with Gasteiger partial charge in [0.25, 0.3) is 0 Å². The maximum Gasteiger partial charge on any atom is 0.239 e. The minimum absolute atomic E-state index is 0.0873. The average molecular weight is 237 g/mol. The van der Waals surface area contributed by atoms with Gasteiger partial charge >= 0.3 is 0 Å². The van der Waals surface area contributed by atoms with Crippen molar-refractivity contribution in [3.63, 3.8) is 0 Å². The largest absolute Gasteiger partial charge is 0.465 e. The number of furan rings is 1. The van der Waals surface area contributed by atoms with E-state index in [1.807, 2.05) is 19.1 Å². The SMILES string of the molecule is Cc1ccc(CNC(=O)C2CNC(=O)CN2)o1. The Kier molecular flexibility index (Phi) is 3.43. The summed E-state index contributed by atoms with van der Waals surface area (Å²) in [5.41, 5.74) is 0. The van der Waals surface area contributed by atoms with Gasteiger partial charge in [-0.1, -0.05) is 0 Å². The molecule has 1 fully saturated rings. The van der Waals surface area contributed by atoms with Crippen LogP contribution >= 0.6 is 0 Å². The molecule has 1 aliphatic heterocycles. The van der Waals surface area contributed by atoms with Crippen molar-refractivity contribution < 1.29 is 14.0 Å². The topological polar surface area (TPSA) is 83.4 Å². The number of amides is 2. The molecule has 0 aliphatic carbocycles. The first-order valence-electron chi connectivity index (χ1n) is 5.48. The molecule has 0 spiro atoms. The van der Waals surface area contributed by atoms with Crippen LogP contribution in [0.15, 0.2) is 16.5 Å². The Hall–Kier alpha value is -1.82. The molecule has 2 heterocycles. The fourth-order valence-corrected chi connectivity index (χ4v) is 1.63. The van der Waals surface area contributed by atoms with Gasteiger partial charge in [-0.05, 0) is 19.1 Å². The molecule has 0 bridgehead atoms. The molecule has 1 aromatic heterocycles. The van der Waals surface area contributed by atoms with Crippen molar-refractivity contribution in [3.8, 4) is 0 Å². The Bertz CT molecular complexity index is 417. The summed E-state index contributed by atoms with van der Waals surface area (Å²) in [6, 6.07) is 3.30. The molecule has 3 N–H and O–H groups in total. The van der Waals surface area contributed by atoms with E-state index in [2.05, 4.69) is 16.0 Å². The fourth-order valence-electron chi connectivity index (χ4n) is 1.63. The monoisotopic (exact) mass is 237 g/mol. The van der Waals surface area contributed by atoms with Crippen LogP contribution in [-0.2, 0) is 16.1 Å². The number of aryl methyl sites for hydroxylation is 1. The highest BCUT2D eigenvalue weighted by Crippen LogP contribution is 2.05. The van der Waals surface area contributed by atoms with E-state index in [0.29, 0.717) is 13.1 Å². The van der Waals surface area contributed by atoms with Crippen LogP contribution in [0.1, 0.15) is 11.5 Å². The Morgan fingerprint density at radius 1 is 1.59 bits per heavy atom. The summed E-state index contributed by atoms with van der Waals surface area (Å²) in [7, 11) is 0. The van der Waals surface area contributed by atoms with Crippen molar-refractivity contribution in [2.24, 2.45) is 0 Å². The minimum Gasteiger partial charge on any atom is -0.465 e. The van der Waals surface area contributed by atoms with E-state index in [4.69, 9.17) is 4.42 Å². The first kappa shape index (κ1) is 11.7. The summed E-state index contributed by atoms with van der Waals surface area (Å²) in [6.07, 6.45) is 0. The molecular formula is C11H15N3O3. The molecule has 1 aromatic rings. The lowest BCUT2D eigenvalue weighted by atomic mass is 10.2. The van der Waals surface area contributed by atoms with Crippen LogP contribution in [0.4, 0.5) is 0 Å². The maximum absolute atomic E-state index is 11.7. The number of carbonyl (C=O) groups excluding carboxylic acids is 2. The molecule has 1 unspecified atom stereocenters. The number of hydrogen-bond donors (Lipinski definition) is 3. The van der Waals surface area contributed by atoms with Gasteiger partial charge < -0.3 is 15.1 Å². The molecule has 92 valence electrons. The zero-order valence-electron chi connectivity index (χ0n) is 9.58. The van der Waals surface area contributed by atoms with E-state index in [-0.39, 0.29) is 24.4 Å². The van der Waals surface area contributed by atoms with E-state index < -0.39 is 0 Å². The van der Waals surface area contributed by atoms with Gasteiger partial charge in [0.05, 0.1) is 13.1 Å².